The predicted molar refractivity (Wildman–Crippen MR) is 131 cm³/mol. The average molecular weight is 478 g/mol. The highest BCUT2D eigenvalue weighted by Crippen LogP contribution is 2.39. The smallest absolute Gasteiger partial charge is 0.349 e. The first-order chi connectivity index (χ1) is 17.0. The summed E-state index contributed by atoms with van der Waals surface area (Å²) in [6.07, 6.45) is 3.80. The van der Waals surface area contributed by atoms with Crippen molar-refractivity contribution in [1.82, 2.24) is 5.32 Å². The summed E-state index contributed by atoms with van der Waals surface area (Å²) in [5, 5.41) is 15.5. The Bertz CT molecular complexity index is 1350. The number of nitrogens with one attached hydrogen (secondary N) is 2. The maximum atomic E-state index is 12.9. The van der Waals surface area contributed by atoms with Gasteiger partial charge in [-0.1, -0.05) is 0 Å². The summed E-state index contributed by atoms with van der Waals surface area (Å²) in [6, 6.07) is 8.89. The SMILES string of the molecule is COc1ccc(NC(=O)C(CO)NC(=O)c2cc3cc4c5c(c3oc2=O)CCCN5CCC4)cc1. The van der Waals surface area contributed by atoms with Crippen molar-refractivity contribution < 1.29 is 23.8 Å². The lowest BCUT2D eigenvalue weighted by molar-refractivity contribution is -0.118. The number of hydrogen-bond donors (Lipinski definition) is 3. The molecule has 0 spiro atoms. The molecule has 182 valence electrons. The van der Waals surface area contributed by atoms with E-state index in [1.54, 1.807) is 24.3 Å². The molecule has 2 aliphatic rings. The molecule has 0 saturated heterocycles. The first kappa shape index (κ1) is 22.9. The lowest BCUT2D eigenvalue weighted by Crippen LogP contribution is -2.47. The molecule has 0 radical (unpaired) electrons. The number of aliphatic hydroxyl groups excluding tert-OH is 1. The molecule has 2 aromatic carbocycles. The highest BCUT2D eigenvalue weighted by molar-refractivity contribution is 6.02. The van der Waals surface area contributed by atoms with E-state index in [4.69, 9.17) is 9.15 Å². The van der Waals surface area contributed by atoms with Crippen LogP contribution in [-0.4, -0.2) is 49.8 Å². The highest BCUT2D eigenvalue weighted by Gasteiger charge is 2.28. The number of rotatable bonds is 6. The van der Waals surface area contributed by atoms with Gasteiger partial charge in [-0.25, -0.2) is 4.79 Å². The number of methoxy groups -OCH3 is 1. The van der Waals surface area contributed by atoms with E-state index in [-0.39, 0.29) is 5.56 Å². The van der Waals surface area contributed by atoms with Gasteiger partial charge >= 0.3 is 5.63 Å². The standard InChI is InChI=1S/C26H27N3O6/c1-34-18-8-6-17(7-9-18)27-25(32)21(14-30)28-24(31)20-13-16-12-15-4-2-10-29-11-3-5-19(22(15)29)23(16)35-26(20)33/h6-9,12-13,21,30H,2-5,10-11,14H2,1H3,(H,27,32)(H,28,31). The second-order valence-electron chi connectivity index (χ2n) is 8.85. The molecule has 3 N–H and O–H groups in total. The van der Waals surface area contributed by atoms with Gasteiger partial charge in [0, 0.05) is 35.4 Å². The number of carbonyl (C=O) groups is 2. The average Bonchev–Trinajstić information content (AvgIpc) is 2.88. The molecule has 1 atom stereocenters. The van der Waals surface area contributed by atoms with E-state index in [1.165, 1.54) is 24.4 Å². The van der Waals surface area contributed by atoms with Crippen molar-refractivity contribution >= 4 is 34.2 Å². The summed E-state index contributed by atoms with van der Waals surface area (Å²) < 4.78 is 10.7. The minimum Gasteiger partial charge on any atom is -0.497 e. The summed E-state index contributed by atoms with van der Waals surface area (Å²) in [5.74, 6) is -0.770. The van der Waals surface area contributed by atoms with Crippen LogP contribution in [0.15, 0.2) is 45.6 Å². The van der Waals surface area contributed by atoms with Crippen molar-refractivity contribution in [2.75, 3.05) is 37.0 Å². The van der Waals surface area contributed by atoms with Gasteiger partial charge in [0.15, 0.2) is 0 Å². The third-order valence-corrected chi connectivity index (χ3v) is 6.62. The van der Waals surface area contributed by atoms with Gasteiger partial charge in [-0.05, 0) is 67.6 Å². The molecule has 9 nitrogen and oxygen atoms in total. The van der Waals surface area contributed by atoms with Gasteiger partial charge in [-0.15, -0.1) is 0 Å². The largest absolute Gasteiger partial charge is 0.497 e. The van der Waals surface area contributed by atoms with Crippen molar-refractivity contribution in [3.8, 4) is 5.75 Å². The summed E-state index contributed by atoms with van der Waals surface area (Å²) >= 11 is 0. The predicted octanol–water partition coefficient (Wildman–Crippen LogP) is 2.23. The Hall–Kier alpha value is -3.85. The summed E-state index contributed by atoms with van der Waals surface area (Å²) in [6.45, 7) is 1.36. The Morgan fingerprint density at radius 1 is 1.14 bits per heavy atom. The van der Waals surface area contributed by atoms with Gasteiger partial charge in [0.05, 0.1) is 13.7 Å². The number of amides is 2. The number of fused-ring (bicyclic) bond motifs is 2. The van der Waals surface area contributed by atoms with Crippen LogP contribution in [0, 0.1) is 0 Å². The van der Waals surface area contributed by atoms with Crippen LogP contribution < -0.4 is 25.9 Å². The molecular weight excluding hydrogens is 450 g/mol. The van der Waals surface area contributed by atoms with Crippen molar-refractivity contribution in [2.45, 2.75) is 31.7 Å². The van der Waals surface area contributed by atoms with Crippen LogP contribution in [0.4, 0.5) is 11.4 Å². The van der Waals surface area contributed by atoms with Gasteiger partial charge in [0.25, 0.3) is 5.91 Å². The van der Waals surface area contributed by atoms with Crippen LogP contribution in [0.5, 0.6) is 5.75 Å². The molecule has 3 heterocycles. The number of hydrogen-bond acceptors (Lipinski definition) is 7. The minimum absolute atomic E-state index is 0.205. The first-order valence-corrected chi connectivity index (χ1v) is 11.7. The number of nitrogens with zero attached hydrogens (tertiary/aromatic N) is 1. The van der Waals surface area contributed by atoms with E-state index < -0.39 is 30.1 Å². The quantitative estimate of drug-likeness (QED) is 0.466. The van der Waals surface area contributed by atoms with Crippen LogP contribution in [0.1, 0.15) is 34.3 Å². The monoisotopic (exact) mass is 477 g/mol. The molecule has 0 bridgehead atoms. The van der Waals surface area contributed by atoms with Crippen molar-refractivity contribution in [3.63, 3.8) is 0 Å². The number of benzene rings is 2. The van der Waals surface area contributed by atoms with Crippen molar-refractivity contribution in [2.24, 2.45) is 0 Å². The fraction of sp³-hybridized carbons (Fsp3) is 0.346. The van der Waals surface area contributed by atoms with Gasteiger partial charge in [0.1, 0.15) is 22.9 Å². The lowest BCUT2D eigenvalue weighted by atomic mass is 9.90. The Kier molecular flexibility index (Phi) is 6.17. The number of ether oxygens (including phenoxy) is 1. The van der Waals surface area contributed by atoms with E-state index in [9.17, 15) is 19.5 Å². The molecule has 0 aliphatic carbocycles. The topological polar surface area (TPSA) is 121 Å². The summed E-state index contributed by atoms with van der Waals surface area (Å²) in [5.41, 5.74) is 3.42. The van der Waals surface area contributed by atoms with Crippen LogP contribution in [-0.2, 0) is 17.6 Å². The maximum Gasteiger partial charge on any atom is 0.349 e. The van der Waals surface area contributed by atoms with E-state index >= 15 is 0 Å². The summed E-state index contributed by atoms with van der Waals surface area (Å²) in [4.78, 5) is 40.7. The van der Waals surface area contributed by atoms with Crippen LogP contribution >= 0.6 is 0 Å². The van der Waals surface area contributed by atoms with Gasteiger partial charge in [0.2, 0.25) is 5.91 Å². The second-order valence-corrected chi connectivity index (χ2v) is 8.85. The zero-order chi connectivity index (χ0) is 24.5. The molecule has 1 aromatic heterocycles. The van der Waals surface area contributed by atoms with Gasteiger partial charge < -0.3 is 29.8 Å². The molecule has 0 saturated carbocycles. The molecule has 5 rings (SSSR count). The molecule has 35 heavy (non-hydrogen) atoms. The molecular formula is C26H27N3O6. The van der Waals surface area contributed by atoms with Crippen LogP contribution in [0.3, 0.4) is 0 Å². The van der Waals surface area contributed by atoms with Crippen LogP contribution in [0.2, 0.25) is 0 Å². The van der Waals surface area contributed by atoms with E-state index in [1.807, 2.05) is 6.07 Å². The number of anilines is 2. The third kappa shape index (κ3) is 4.35. The zero-order valence-corrected chi connectivity index (χ0v) is 19.4. The van der Waals surface area contributed by atoms with Crippen molar-refractivity contribution in [3.05, 3.63) is 63.5 Å². The van der Waals surface area contributed by atoms with Crippen molar-refractivity contribution in [1.29, 1.82) is 0 Å². The molecule has 0 fully saturated rings. The van der Waals surface area contributed by atoms with E-state index in [2.05, 4.69) is 15.5 Å². The normalized spacial score (nSPS) is 15.3. The Morgan fingerprint density at radius 3 is 2.60 bits per heavy atom. The maximum absolute atomic E-state index is 12.9. The molecule has 9 heteroatoms. The molecule has 3 aromatic rings. The van der Waals surface area contributed by atoms with E-state index in [0.29, 0.717) is 22.4 Å². The number of carbonyl (C=O) groups excluding carboxylic acids is 2. The highest BCUT2D eigenvalue weighted by atomic mass is 16.5. The Morgan fingerprint density at radius 2 is 1.89 bits per heavy atom. The van der Waals surface area contributed by atoms with Gasteiger partial charge in [-0.3, -0.25) is 9.59 Å². The fourth-order valence-corrected chi connectivity index (χ4v) is 4.94. The molecule has 1 unspecified atom stereocenters. The molecule has 2 amide bonds. The fourth-order valence-electron chi connectivity index (χ4n) is 4.94. The van der Waals surface area contributed by atoms with Gasteiger partial charge in [-0.2, -0.15) is 0 Å². The number of aryl methyl sites for hydroxylation is 2. The number of aliphatic hydroxyl groups is 1. The minimum atomic E-state index is -1.25. The molecule has 2 aliphatic heterocycles. The first-order valence-electron chi connectivity index (χ1n) is 11.7. The van der Waals surface area contributed by atoms with E-state index in [0.717, 1.165) is 44.3 Å². The second kappa shape index (κ2) is 9.42. The Labute approximate surface area is 201 Å². The Balaban J connectivity index is 1.39. The van der Waals surface area contributed by atoms with Crippen LogP contribution in [0.25, 0.3) is 11.0 Å². The third-order valence-electron chi connectivity index (χ3n) is 6.62. The lowest BCUT2D eigenvalue weighted by Gasteiger charge is -2.37. The zero-order valence-electron chi connectivity index (χ0n) is 19.4. The summed E-state index contributed by atoms with van der Waals surface area (Å²) in [7, 11) is 1.54.